The first-order valence-electron chi connectivity index (χ1n) is 7.14. The number of benzene rings is 1. The molecule has 0 aromatic heterocycles. The van der Waals surface area contributed by atoms with Crippen molar-refractivity contribution >= 4 is 23.3 Å². The van der Waals surface area contributed by atoms with Crippen molar-refractivity contribution in [2.75, 3.05) is 6.61 Å². The quantitative estimate of drug-likeness (QED) is 0.909. The number of oxime groups is 1. The molecule has 0 saturated carbocycles. The highest BCUT2D eigenvalue weighted by Gasteiger charge is 2.36. The van der Waals surface area contributed by atoms with Crippen molar-refractivity contribution in [2.45, 2.75) is 32.0 Å². The lowest BCUT2D eigenvalue weighted by molar-refractivity contribution is -0.125. The number of nitrogens with zero attached hydrogens (tertiary/aromatic N) is 1. The molecular formula is C15H16ClFN2O3. The summed E-state index contributed by atoms with van der Waals surface area (Å²) in [6.07, 6.45) is 0.632. The molecule has 2 aliphatic rings. The number of rotatable bonds is 2. The van der Waals surface area contributed by atoms with Gasteiger partial charge in [0.1, 0.15) is 11.9 Å². The summed E-state index contributed by atoms with van der Waals surface area (Å²) in [7, 11) is 0. The van der Waals surface area contributed by atoms with Crippen LogP contribution in [0, 0.1) is 11.7 Å². The second kappa shape index (κ2) is 6.22. The monoisotopic (exact) mass is 326 g/mol. The Morgan fingerprint density at radius 3 is 3.00 bits per heavy atom. The van der Waals surface area contributed by atoms with Crippen molar-refractivity contribution in [3.8, 4) is 0 Å². The van der Waals surface area contributed by atoms with Crippen LogP contribution >= 0.6 is 11.6 Å². The Balaban J connectivity index is 1.72. The predicted octanol–water partition coefficient (Wildman–Crippen LogP) is 2.80. The van der Waals surface area contributed by atoms with Gasteiger partial charge in [-0.1, -0.05) is 22.8 Å². The first-order chi connectivity index (χ1) is 10.5. The first kappa shape index (κ1) is 15.2. The Labute approximate surface area is 132 Å². The van der Waals surface area contributed by atoms with Crippen molar-refractivity contribution in [3.63, 3.8) is 0 Å². The van der Waals surface area contributed by atoms with E-state index in [1.54, 1.807) is 6.07 Å². The maximum absolute atomic E-state index is 13.6. The molecule has 1 fully saturated rings. The summed E-state index contributed by atoms with van der Waals surface area (Å²) in [5.41, 5.74) is 0.609. The summed E-state index contributed by atoms with van der Waals surface area (Å²) in [6, 6.07) is 4.47. The van der Waals surface area contributed by atoms with Crippen LogP contribution in [0.15, 0.2) is 23.4 Å². The van der Waals surface area contributed by atoms with Gasteiger partial charge in [-0.25, -0.2) is 4.39 Å². The summed E-state index contributed by atoms with van der Waals surface area (Å²) >= 11 is 5.69. The van der Waals surface area contributed by atoms with Crippen LogP contribution in [0.25, 0.3) is 0 Å². The van der Waals surface area contributed by atoms with Gasteiger partial charge in [0.2, 0.25) is 5.91 Å². The van der Waals surface area contributed by atoms with Gasteiger partial charge in [-0.3, -0.25) is 4.79 Å². The second-order valence-electron chi connectivity index (χ2n) is 5.51. The zero-order chi connectivity index (χ0) is 15.7. The van der Waals surface area contributed by atoms with E-state index >= 15 is 0 Å². The molecule has 1 unspecified atom stereocenters. The van der Waals surface area contributed by atoms with E-state index in [0.717, 1.165) is 0 Å². The zero-order valence-corrected chi connectivity index (χ0v) is 12.8. The van der Waals surface area contributed by atoms with Crippen molar-refractivity contribution < 1.29 is 18.8 Å². The molecule has 1 N–H and O–H groups in total. The average Bonchev–Trinajstić information content (AvgIpc) is 3.11. The van der Waals surface area contributed by atoms with Gasteiger partial charge in [0.25, 0.3) is 0 Å². The highest BCUT2D eigenvalue weighted by molar-refractivity contribution is 6.30. The summed E-state index contributed by atoms with van der Waals surface area (Å²) in [5.74, 6) is -0.574. The van der Waals surface area contributed by atoms with Crippen LogP contribution in [0.5, 0.6) is 0 Å². The molecule has 3 rings (SSSR count). The molecule has 5 nitrogen and oxygen atoms in total. The van der Waals surface area contributed by atoms with Crippen molar-refractivity contribution in [1.82, 2.24) is 5.32 Å². The molecule has 0 bridgehead atoms. The third kappa shape index (κ3) is 3.08. The fraction of sp³-hybridized carbons (Fsp3) is 0.467. The maximum atomic E-state index is 13.6. The number of halogens is 2. The van der Waals surface area contributed by atoms with Gasteiger partial charge in [-0.15, -0.1) is 0 Å². The van der Waals surface area contributed by atoms with Crippen LogP contribution in [-0.4, -0.2) is 24.5 Å². The standard InChI is InChI=1S/C15H16ClFN2O3/c1-8-6-13(19-22-8)18-15(20)10-4-5-21-14(10)9-2-3-11(16)12(17)7-9/h2-3,7-8,10,14H,4-6H2,1H3,(H,18,19,20)/t8?,10-,14+/m1/s1. The van der Waals surface area contributed by atoms with E-state index in [2.05, 4.69) is 10.5 Å². The second-order valence-corrected chi connectivity index (χ2v) is 5.91. The van der Waals surface area contributed by atoms with Crippen LogP contribution in [0.1, 0.15) is 31.4 Å². The fourth-order valence-electron chi connectivity index (χ4n) is 2.69. The minimum atomic E-state index is -0.517. The molecule has 1 aromatic carbocycles. The van der Waals surface area contributed by atoms with E-state index in [1.165, 1.54) is 12.1 Å². The fourth-order valence-corrected chi connectivity index (χ4v) is 2.80. The average molecular weight is 327 g/mol. The molecule has 1 saturated heterocycles. The van der Waals surface area contributed by atoms with E-state index in [4.69, 9.17) is 21.2 Å². The third-order valence-electron chi connectivity index (χ3n) is 3.79. The van der Waals surface area contributed by atoms with Crippen molar-refractivity contribution in [3.05, 3.63) is 34.6 Å². The smallest absolute Gasteiger partial charge is 0.231 e. The van der Waals surface area contributed by atoms with Gasteiger partial charge in [0, 0.05) is 13.0 Å². The minimum Gasteiger partial charge on any atom is -0.391 e. The van der Waals surface area contributed by atoms with Gasteiger partial charge in [0.05, 0.1) is 17.0 Å². The zero-order valence-electron chi connectivity index (χ0n) is 12.0. The van der Waals surface area contributed by atoms with Crippen LogP contribution < -0.4 is 5.32 Å². The van der Waals surface area contributed by atoms with Crippen LogP contribution in [-0.2, 0) is 14.4 Å². The molecule has 0 spiro atoms. The Morgan fingerprint density at radius 2 is 2.32 bits per heavy atom. The van der Waals surface area contributed by atoms with Crippen LogP contribution in [0.4, 0.5) is 4.39 Å². The SMILES string of the molecule is CC1CC(NC(=O)[C@@H]2CCO[C@H]2c2ccc(Cl)c(F)c2)=NO1. The number of amides is 1. The van der Waals surface area contributed by atoms with Crippen LogP contribution in [0.2, 0.25) is 5.02 Å². The topological polar surface area (TPSA) is 59.9 Å². The lowest BCUT2D eigenvalue weighted by atomic mass is 9.94. The summed E-state index contributed by atoms with van der Waals surface area (Å²) in [5, 5.41) is 6.63. The van der Waals surface area contributed by atoms with E-state index < -0.39 is 11.9 Å². The number of hydrogen-bond donors (Lipinski definition) is 1. The molecule has 22 heavy (non-hydrogen) atoms. The lowest BCUT2D eigenvalue weighted by Crippen LogP contribution is -2.36. The molecule has 1 aromatic rings. The predicted molar refractivity (Wildman–Crippen MR) is 79.0 cm³/mol. The highest BCUT2D eigenvalue weighted by Crippen LogP contribution is 2.35. The molecular weight excluding hydrogens is 311 g/mol. The molecule has 1 amide bonds. The van der Waals surface area contributed by atoms with Crippen LogP contribution in [0.3, 0.4) is 0 Å². The molecule has 7 heteroatoms. The number of nitrogens with one attached hydrogen (secondary N) is 1. The van der Waals surface area contributed by atoms with E-state index in [0.29, 0.717) is 30.8 Å². The molecule has 2 aliphatic heterocycles. The number of ether oxygens (including phenoxy) is 1. The van der Waals surface area contributed by atoms with E-state index in [9.17, 15) is 9.18 Å². The minimum absolute atomic E-state index is 0.0312. The van der Waals surface area contributed by atoms with Gasteiger partial charge in [-0.05, 0) is 31.0 Å². The highest BCUT2D eigenvalue weighted by atomic mass is 35.5. The summed E-state index contributed by atoms with van der Waals surface area (Å²) in [4.78, 5) is 17.4. The Kier molecular flexibility index (Phi) is 4.31. The van der Waals surface area contributed by atoms with Crippen molar-refractivity contribution in [2.24, 2.45) is 11.1 Å². The molecule has 0 radical (unpaired) electrons. The normalized spacial score (nSPS) is 27.4. The maximum Gasteiger partial charge on any atom is 0.231 e. The van der Waals surface area contributed by atoms with E-state index in [1.807, 2.05) is 6.92 Å². The third-order valence-corrected chi connectivity index (χ3v) is 4.10. The Bertz CT molecular complexity index is 623. The van der Waals surface area contributed by atoms with E-state index in [-0.39, 0.29) is 23.0 Å². The molecule has 3 atom stereocenters. The van der Waals surface area contributed by atoms with Gasteiger partial charge >= 0.3 is 0 Å². The largest absolute Gasteiger partial charge is 0.391 e. The number of hydrogen-bond acceptors (Lipinski definition) is 4. The van der Waals surface area contributed by atoms with Gasteiger partial charge in [-0.2, -0.15) is 0 Å². The van der Waals surface area contributed by atoms with Gasteiger partial charge in [0.15, 0.2) is 5.84 Å². The molecule has 118 valence electrons. The molecule has 2 heterocycles. The summed E-state index contributed by atoms with van der Waals surface area (Å²) in [6.45, 7) is 2.33. The van der Waals surface area contributed by atoms with Crippen molar-refractivity contribution in [1.29, 1.82) is 0 Å². The first-order valence-corrected chi connectivity index (χ1v) is 7.52. The number of amidine groups is 1. The Hall–Kier alpha value is -1.66. The Morgan fingerprint density at radius 1 is 1.50 bits per heavy atom. The summed E-state index contributed by atoms with van der Waals surface area (Å²) < 4.78 is 19.2. The number of carbonyl (C=O) groups is 1. The number of carbonyl (C=O) groups excluding carboxylic acids is 1. The lowest BCUT2D eigenvalue weighted by Gasteiger charge is -2.18. The molecule has 0 aliphatic carbocycles. The van der Waals surface area contributed by atoms with Gasteiger partial charge < -0.3 is 14.9 Å².